The molecule has 4 heteroatoms. The molecule has 0 radical (unpaired) electrons. The lowest BCUT2D eigenvalue weighted by Crippen LogP contribution is -2.25. The Labute approximate surface area is 136 Å². The molecule has 0 heterocycles. The van der Waals surface area contributed by atoms with Crippen LogP contribution in [0.25, 0.3) is 0 Å². The zero-order valence-electron chi connectivity index (χ0n) is 11.1. The molecule has 0 aromatic heterocycles. The number of nitrogens with zero attached hydrogens (tertiary/aromatic N) is 1. The first-order chi connectivity index (χ1) is 9.54. The molecule has 0 unspecified atom stereocenters. The molecule has 0 aliphatic rings. The number of rotatable bonds is 5. The van der Waals surface area contributed by atoms with Crippen LogP contribution in [0.2, 0.25) is 0 Å². The van der Waals surface area contributed by atoms with Crippen molar-refractivity contribution < 1.29 is 4.79 Å². The number of halogens is 2. The van der Waals surface area contributed by atoms with Gasteiger partial charge < -0.3 is 0 Å². The van der Waals surface area contributed by atoms with Gasteiger partial charge >= 0.3 is 0 Å². The molecule has 2 rings (SSSR count). The second-order valence-corrected chi connectivity index (χ2v) is 6.56. The second kappa shape index (κ2) is 7.16. The summed E-state index contributed by atoms with van der Waals surface area (Å²) < 4.78 is 2.04. The van der Waals surface area contributed by atoms with Crippen molar-refractivity contribution in [1.82, 2.24) is 4.90 Å². The van der Waals surface area contributed by atoms with Crippen molar-refractivity contribution in [3.05, 3.63) is 68.6 Å². The van der Waals surface area contributed by atoms with Crippen molar-refractivity contribution in [2.45, 2.75) is 6.54 Å². The van der Waals surface area contributed by atoms with Crippen LogP contribution in [0, 0.1) is 0 Å². The Kier molecular flexibility index (Phi) is 5.52. The van der Waals surface area contributed by atoms with Gasteiger partial charge in [-0.1, -0.05) is 56.1 Å². The molecule has 0 aliphatic carbocycles. The highest BCUT2D eigenvalue weighted by Crippen LogP contribution is 2.14. The molecule has 0 bridgehead atoms. The molecule has 0 aliphatic heterocycles. The molecular formula is C16H15Br2NO. The highest BCUT2D eigenvalue weighted by atomic mass is 79.9. The Morgan fingerprint density at radius 3 is 2.40 bits per heavy atom. The fourth-order valence-corrected chi connectivity index (χ4v) is 2.69. The van der Waals surface area contributed by atoms with Gasteiger partial charge in [-0.3, -0.25) is 9.69 Å². The largest absolute Gasteiger partial charge is 0.295 e. The predicted molar refractivity (Wildman–Crippen MR) is 88.9 cm³/mol. The second-order valence-electron chi connectivity index (χ2n) is 4.73. The minimum Gasteiger partial charge on any atom is -0.295 e. The normalized spacial score (nSPS) is 10.8. The third-order valence-electron chi connectivity index (χ3n) is 2.92. The van der Waals surface area contributed by atoms with Crippen molar-refractivity contribution >= 4 is 37.6 Å². The number of ketones is 1. The van der Waals surface area contributed by atoms with E-state index >= 15 is 0 Å². The average molecular weight is 397 g/mol. The summed E-state index contributed by atoms with van der Waals surface area (Å²) in [4.78, 5) is 14.2. The van der Waals surface area contributed by atoms with Gasteiger partial charge in [0.15, 0.2) is 5.78 Å². The number of carbonyl (C=O) groups excluding carboxylic acids is 1. The van der Waals surface area contributed by atoms with E-state index in [1.165, 1.54) is 5.56 Å². The molecule has 104 valence electrons. The van der Waals surface area contributed by atoms with Crippen molar-refractivity contribution in [1.29, 1.82) is 0 Å². The Bertz CT molecular complexity index is 596. The highest BCUT2D eigenvalue weighted by Gasteiger charge is 2.09. The van der Waals surface area contributed by atoms with Crippen LogP contribution in [0.4, 0.5) is 0 Å². The maximum Gasteiger partial charge on any atom is 0.176 e. The van der Waals surface area contributed by atoms with Gasteiger partial charge in [0, 0.05) is 21.1 Å². The van der Waals surface area contributed by atoms with Crippen molar-refractivity contribution in [2.75, 3.05) is 13.6 Å². The number of hydrogen-bond donors (Lipinski definition) is 0. The summed E-state index contributed by atoms with van der Waals surface area (Å²) in [5.74, 6) is 0.134. The molecule has 20 heavy (non-hydrogen) atoms. The number of carbonyl (C=O) groups is 1. The Balaban J connectivity index is 1.95. The third kappa shape index (κ3) is 4.54. The summed E-state index contributed by atoms with van der Waals surface area (Å²) in [6.45, 7) is 1.16. The van der Waals surface area contributed by atoms with Gasteiger partial charge in [0.05, 0.1) is 6.54 Å². The van der Waals surface area contributed by atoms with Crippen LogP contribution in [0.5, 0.6) is 0 Å². The van der Waals surface area contributed by atoms with Crippen LogP contribution in [0.3, 0.4) is 0 Å². The minimum atomic E-state index is 0.134. The standard InChI is InChI=1S/C16H15Br2NO/c1-19(10-12-3-2-4-15(18)9-12)11-16(20)13-5-7-14(17)8-6-13/h2-9H,10-11H2,1H3. The maximum absolute atomic E-state index is 12.2. The number of benzene rings is 2. The summed E-state index contributed by atoms with van der Waals surface area (Å²) in [7, 11) is 1.96. The minimum absolute atomic E-state index is 0.134. The predicted octanol–water partition coefficient (Wildman–Crippen LogP) is 4.53. The van der Waals surface area contributed by atoms with Crippen LogP contribution in [-0.2, 0) is 6.54 Å². The molecule has 0 fully saturated rings. The van der Waals surface area contributed by atoms with Gasteiger partial charge in [-0.2, -0.15) is 0 Å². The molecule has 2 aromatic carbocycles. The van der Waals surface area contributed by atoms with Crippen LogP contribution >= 0.6 is 31.9 Å². The van der Waals surface area contributed by atoms with Gasteiger partial charge in [-0.05, 0) is 36.9 Å². The monoisotopic (exact) mass is 395 g/mol. The van der Waals surface area contributed by atoms with Crippen LogP contribution in [0.1, 0.15) is 15.9 Å². The lowest BCUT2D eigenvalue weighted by molar-refractivity contribution is 0.0943. The topological polar surface area (TPSA) is 20.3 Å². The Morgan fingerprint density at radius 2 is 1.75 bits per heavy atom. The molecule has 0 atom stereocenters. The third-order valence-corrected chi connectivity index (χ3v) is 3.94. The fraction of sp³-hybridized carbons (Fsp3) is 0.188. The molecule has 2 nitrogen and oxygen atoms in total. The zero-order chi connectivity index (χ0) is 14.5. The average Bonchev–Trinajstić information content (AvgIpc) is 2.39. The van der Waals surface area contributed by atoms with E-state index in [0.29, 0.717) is 6.54 Å². The summed E-state index contributed by atoms with van der Waals surface area (Å²) in [5.41, 5.74) is 1.93. The summed E-state index contributed by atoms with van der Waals surface area (Å²) >= 11 is 6.83. The van der Waals surface area contributed by atoms with Crippen molar-refractivity contribution in [2.24, 2.45) is 0 Å². The van der Waals surface area contributed by atoms with E-state index in [2.05, 4.69) is 44.0 Å². The van der Waals surface area contributed by atoms with Gasteiger partial charge in [0.25, 0.3) is 0 Å². The van der Waals surface area contributed by atoms with Crippen LogP contribution in [-0.4, -0.2) is 24.3 Å². The molecule has 0 saturated heterocycles. The van der Waals surface area contributed by atoms with Crippen molar-refractivity contribution in [3.8, 4) is 0 Å². The molecule has 0 amide bonds. The van der Waals surface area contributed by atoms with Gasteiger partial charge in [0.1, 0.15) is 0 Å². The van der Waals surface area contributed by atoms with E-state index in [9.17, 15) is 4.79 Å². The Hall–Kier alpha value is -0.970. The summed E-state index contributed by atoms with van der Waals surface area (Å²) in [6.07, 6.45) is 0. The first-order valence-electron chi connectivity index (χ1n) is 6.26. The quantitative estimate of drug-likeness (QED) is 0.692. The van der Waals surface area contributed by atoms with E-state index in [1.54, 1.807) is 0 Å². The number of hydrogen-bond acceptors (Lipinski definition) is 2. The SMILES string of the molecule is CN(CC(=O)c1ccc(Br)cc1)Cc1cccc(Br)c1. The molecule has 0 saturated carbocycles. The van der Waals surface area contributed by atoms with Gasteiger partial charge in [0.2, 0.25) is 0 Å². The van der Waals surface area contributed by atoms with Crippen LogP contribution in [0.15, 0.2) is 57.5 Å². The molecule has 2 aromatic rings. The van der Waals surface area contributed by atoms with E-state index in [0.717, 1.165) is 21.1 Å². The van der Waals surface area contributed by atoms with Gasteiger partial charge in [-0.15, -0.1) is 0 Å². The fourth-order valence-electron chi connectivity index (χ4n) is 1.98. The summed E-state index contributed by atoms with van der Waals surface area (Å²) in [5, 5.41) is 0. The smallest absolute Gasteiger partial charge is 0.176 e. The molecule has 0 N–H and O–H groups in total. The summed E-state index contributed by atoms with van der Waals surface area (Å²) in [6, 6.07) is 15.6. The van der Waals surface area contributed by atoms with Gasteiger partial charge in [-0.25, -0.2) is 0 Å². The highest BCUT2D eigenvalue weighted by molar-refractivity contribution is 9.10. The lowest BCUT2D eigenvalue weighted by atomic mass is 10.1. The first kappa shape index (κ1) is 15.4. The zero-order valence-corrected chi connectivity index (χ0v) is 14.3. The lowest BCUT2D eigenvalue weighted by Gasteiger charge is -2.16. The van der Waals surface area contributed by atoms with Crippen LogP contribution < -0.4 is 0 Å². The Morgan fingerprint density at radius 1 is 1.05 bits per heavy atom. The van der Waals surface area contributed by atoms with E-state index in [-0.39, 0.29) is 5.78 Å². The first-order valence-corrected chi connectivity index (χ1v) is 7.85. The van der Waals surface area contributed by atoms with E-state index in [1.807, 2.05) is 48.3 Å². The molecular weight excluding hydrogens is 382 g/mol. The van der Waals surface area contributed by atoms with E-state index < -0.39 is 0 Å². The van der Waals surface area contributed by atoms with Crippen molar-refractivity contribution in [3.63, 3.8) is 0 Å². The molecule has 0 spiro atoms. The maximum atomic E-state index is 12.2. The number of likely N-dealkylation sites (N-methyl/N-ethyl adjacent to an activating group) is 1. The van der Waals surface area contributed by atoms with E-state index in [4.69, 9.17) is 0 Å². The number of Topliss-reactive ketones (excluding diaryl/α,β-unsaturated/α-hetero) is 1.